The molecular formula is C9H10N4O. The molecule has 0 amide bonds. The Morgan fingerprint density at radius 3 is 3.36 bits per heavy atom. The summed E-state index contributed by atoms with van der Waals surface area (Å²) in [6.07, 6.45) is 1.66. The maximum Gasteiger partial charge on any atom is 0.160 e. The minimum Gasteiger partial charge on any atom is -0.397 e. The van der Waals surface area contributed by atoms with Crippen LogP contribution in [0.15, 0.2) is 12.3 Å². The molecule has 0 saturated carbocycles. The maximum absolute atomic E-state index is 5.64. The van der Waals surface area contributed by atoms with Gasteiger partial charge in [0, 0.05) is 6.54 Å². The minimum absolute atomic E-state index is 0.566. The number of nitrogens with zero attached hydrogens (tertiary/aromatic N) is 3. The second-order valence-corrected chi connectivity index (χ2v) is 3.34. The van der Waals surface area contributed by atoms with Crippen LogP contribution in [-0.2, 0) is 17.9 Å². The Balaban J connectivity index is 2.31. The van der Waals surface area contributed by atoms with Gasteiger partial charge in [-0.25, -0.2) is 9.97 Å². The summed E-state index contributed by atoms with van der Waals surface area (Å²) in [4.78, 5) is 8.68. The summed E-state index contributed by atoms with van der Waals surface area (Å²) in [5, 5.41) is 0. The first kappa shape index (κ1) is 7.75. The van der Waals surface area contributed by atoms with Gasteiger partial charge in [-0.05, 0) is 6.07 Å². The zero-order chi connectivity index (χ0) is 9.54. The predicted octanol–water partition coefficient (Wildman–Crippen LogP) is 0.544. The zero-order valence-electron chi connectivity index (χ0n) is 7.60. The van der Waals surface area contributed by atoms with Gasteiger partial charge in [0.25, 0.3) is 0 Å². The van der Waals surface area contributed by atoms with Crippen molar-refractivity contribution < 1.29 is 4.74 Å². The lowest BCUT2D eigenvalue weighted by Crippen LogP contribution is -2.16. The van der Waals surface area contributed by atoms with Crippen molar-refractivity contribution in [2.45, 2.75) is 13.2 Å². The highest BCUT2D eigenvalue weighted by Gasteiger charge is 2.15. The van der Waals surface area contributed by atoms with Gasteiger partial charge in [0.15, 0.2) is 5.65 Å². The van der Waals surface area contributed by atoms with Gasteiger partial charge in [-0.2, -0.15) is 0 Å². The van der Waals surface area contributed by atoms with E-state index in [4.69, 9.17) is 10.5 Å². The molecule has 72 valence electrons. The Hall–Kier alpha value is -1.62. The fraction of sp³-hybridized carbons (Fsp3) is 0.333. The van der Waals surface area contributed by atoms with Crippen LogP contribution in [0.5, 0.6) is 0 Å². The monoisotopic (exact) mass is 190 g/mol. The number of fused-ring (bicyclic) bond motifs is 3. The highest BCUT2D eigenvalue weighted by atomic mass is 16.5. The van der Waals surface area contributed by atoms with Gasteiger partial charge in [0.05, 0.1) is 18.5 Å². The minimum atomic E-state index is 0.566. The summed E-state index contributed by atoms with van der Waals surface area (Å²) in [5.41, 5.74) is 8.04. The lowest BCUT2D eigenvalue weighted by molar-refractivity contribution is 0.0828. The number of nitrogens with two attached hydrogens (primary N) is 1. The molecule has 0 aromatic carbocycles. The molecule has 2 aromatic heterocycles. The number of rotatable bonds is 0. The van der Waals surface area contributed by atoms with Crippen molar-refractivity contribution in [1.29, 1.82) is 0 Å². The van der Waals surface area contributed by atoms with Crippen molar-refractivity contribution in [2.24, 2.45) is 0 Å². The molecule has 3 heterocycles. The van der Waals surface area contributed by atoms with Crippen molar-refractivity contribution >= 4 is 16.9 Å². The third kappa shape index (κ3) is 0.990. The molecule has 0 spiro atoms. The normalized spacial score (nSPS) is 15.7. The number of nitrogen functional groups attached to an aromatic ring is 1. The molecule has 0 bridgehead atoms. The molecule has 2 aromatic rings. The van der Waals surface area contributed by atoms with E-state index in [-0.39, 0.29) is 0 Å². The third-order valence-corrected chi connectivity index (χ3v) is 2.38. The molecular weight excluding hydrogens is 180 g/mol. The number of pyridine rings is 1. The predicted molar refractivity (Wildman–Crippen MR) is 51.6 cm³/mol. The smallest absolute Gasteiger partial charge is 0.160 e. The highest BCUT2D eigenvalue weighted by molar-refractivity contribution is 5.75. The summed E-state index contributed by atoms with van der Waals surface area (Å²) in [6, 6.07) is 1.84. The summed E-state index contributed by atoms with van der Waals surface area (Å²) in [6.45, 7) is 2.11. The number of hydrogen-bond acceptors (Lipinski definition) is 4. The van der Waals surface area contributed by atoms with Crippen LogP contribution in [0.25, 0.3) is 11.2 Å². The number of imidazole rings is 1. The number of aromatic nitrogens is 3. The molecule has 0 atom stereocenters. The molecule has 1 aliphatic rings. The van der Waals surface area contributed by atoms with E-state index in [0.717, 1.165) is 30.1 Å². The van der Waals surface area contributed by atoms with Crippen LogP contribution < -0.4 is 5.73 Å². The first-order chi connectivity index (χ1) is 6.84. The van der Waals surface area contributed by atoms with E-state index in [2.05, 4.69) is 14.5 Å². The Kier molecular flexibility index (Phi) is 1.49. The molecule has 0 fully saturated rings. The van der Waals surface area contributed by atoms with E-state index in [0.29, 0.717) is 12.3 Å². The summed E-state index contributed by atoms with van der Waals surface area (Å²) in [7, 11) is 0. The average molecular weight is 190 g/mol. The summed E-state index contributed by atoms with van der Waals surface area (Å²) >= 11 is 0. The van der Waals surface area contributed by atoms with Crippen LogP contribution in [0, 0.1) is 0 Å². The fourth-order valence-corrected chi connectivity index (χ4v) is 1.74. The van der Waals surface area contributed by atoms with E-state index < -0.39 is 0 Å². The van der Waals surface area contributed by atoms with Gasteiger partial charge >= 0.3 is 0 Å². The number of anilines is 1. The van der Waals surface area contributed by atoms with Crippen molar-refractivity contribution in [3.8, 4) is 0 Å². The van der Waals surface area contributed by atoms with Gasteiger partial charge < -0.3 is 15.0 Å². The molecule has 0 saturated heterocycles. The van der Waals surface area contributed by atoms with Crippen LogP contribution in [-0.4, -0.2) is 21.1 Å². The van der Waals surface area contributed by atoms with Crippen molar-refractivity contribution in [3.05, 3.63) is 18.1 Å². The fourth-order valence-electron chi connectivity index (χ4n) is 1.74. The van der Waals surface area contributed by atoms with E-state index in [1.165, 1.54) is 0 Å². The van der Waals surface area contributed by atoms with Crippen LogP contribution in [0.2, 0.25) is 0 Å². The van der Waals surface area contributed by atoms with Gasteiger partial charge in [-0.15, -0.1) is 0 Å². The second kappa shape index (κ2) is 2.68. The third-order valence-electron chi connectivity index (χ3n) is 2.38. The van der Waals surface area contributed by atoms with Crippen molar-refractivity contribution in [2.75, 3.05) is 12.3 Å². The number of ether oxygens (including phenoxy) is 1. The van der Waals surface area contributed by atoms with E-state index in [1.807, 2.05) is 6.07 Å². The van der Waals surface area contributed by atoms with E-state index in [1.54, 1.807) is 6.20 Å². The number of hydrogen-bond donors (Lipinski definition) is 1. The molecule has 14 heavy (non-hydrogen) atoms. The van der Waals surface area contributed by atoms with Crippen LogP contribution in [0.3, 0.4) is 0 Å². The zero-order valence-corrected chi connectivity index (χ0v) is 7.60. The molecule has 5 nitrogen and oxygen atoms in total. The first-order valence-corrected chi connectivity index (χ1v) is 4.53. The summed E-state index contributed by atoms with van der Waals surface area (Å²) in [5.74, 6) is 0.935. The van der Waals surface area contributed by atoms with Gasteiger partial charge in [0.1, 0.15) is 17.9 Å². The Morgan fingerprint density at radius 1 is 1.50 bits per heavy atom. The van der Waals surface area contributed by atoms with E-state index in [9.17, 15) is 0 Å². The molecule has 0 aliphatic carbocycles. The lowest BCUT2D eigenvalue weighted by atomic mass is 10.4. The molecule has 2 N–H and O–H groups in total. The maximum atomic E-state index is 5.64. The topological polar surface area (TPSA) is 66.0 Å². The quantitative estimate of drug-likeness (QED) is 0.658. The van der Waals surface area contributed by atoms with Crippen LogP contribution in [0.1, 0.15) is 5.82 Å². The molecule has 3 rings (SSSR count). The van der Waals surface area contributed by atoms with Crippen molar-refractivity contribution in [1.82, 2.24) is 14.5 Å². The van der Waals surface area contributed by atoms with E-state index >= 15 is 0 Å². The lowest BCUT2D eigenvalue weighted by Gasteiger charge is -2.13. The Morgan fingerprint density at radius 2 is 2.43 bits per heavy atom. The molecule has 0 unspecified atom stereocenters. The molecule has 1 aliphatic heterocycles. The van der Waals surface area contributed by atoms with Crippen LogP contribution in [0.4, 0.5) is 5.69 Å². The second-order valence-electron chi connectivity index (χ2n) is 3.34. The SMILES string of the molecule is Nc1cnc2c(c1)nc1n2CCOC1. The Labute approximate surface area is 80.5 Å². The van der Waals surface area contributed by atoms with Gasteiger partial charge in [-0.1, -0.05) is 0 Å². The Bertz CT molecular complexity index is 491. The van der Waals surface area contributed by atoms with Gasteiger partial charge in [-0.3, -0.25) is 0 Å². The van der Waals surface area contributed by atoms with Crippen molar-refractivity contribution in [3.63, 3.8) is 0 Å². The standard InChI is InChI=1S/C9H10N4O/c10-6-3-7-9(11-4-6)13-1-2-14-5-8(13)12-7/h3-4H,1-2,5,10H2. The largest absolute Gasteiger partial charge is 0.397 e. The first-order valence-electron chi connectivity index (χ1n) is 4.53. The highest BCUT2D eigenvalue weighted by Crippen LogP contribution is 2.18. The van der Waals surface area contributed by atoms with Crippen LogP contribution >= 0.6 is 0 Å². The molecule has 5 heteroatoms. The summed E-state index contributed by atoms with van der Waals surface area (Å²) < 4.78 is 7.39. The average Bonchev–Trinajstić information content (AvgIpc) is 2.54. The molecule has 0 radical (unpaired) electrons. The van der Waals surface area contributed by atoms with Gasteiger partial charge in [0.2, 0.25) is 0 Å².